The van der Waals surface area contributed by atoms with Crippen molar-refractivity contribution in [1.29, 1.82) is 0 Å². The normalized spacial score (nSPS) is 20.7. The number of ether oxygens (including phenoxy) is 3. The Hall–Kier alpha value is -4.65. The molecule has 0 bridgehead atoms. The molecular formula is C27H26N6O7. The van der Waals surface area contributed by atoms with Gasteiger partial charge in [0.2, 0.25) is 0 Å². The molecule has 0 radical (unpaired) electrons. The molecule has 0 spiro atoms. The Kier molecular flexibility index (Phi) is 5.81. The van der Waals surface area contributed by atoms with Gasteiger partial charge in [-0.3, -0.25) is 19.4 Å². The molecule has 2 fully saturated rings. The van der Waals surface area contributed by atoms with Crippen LogP contribution in [0, 0.1) is 5.92 Å². The zero-order valence-electron chi connectivity index (χ0n) is 21.7. The molecule has 3 aromatic heterocycles. The van der Waals surface area contributed by atoms with E-state index in [0.717, 1.165) is 24.0 Å². The summed E-state index contributed by atoms with van der Waals surface area (Å²) in [6, 6.07) is 8.99. The van der Waals surface area contributed by atoms with Crippen LogP contribution in [0.1, 0.15) is 6.42 Å². The van der Waals surface area contributed by atoms with Gasteiger partial charge in [-0.05, 0) is 30.7 Å². The summed E-state index contributed by atoms with van der Waals surface area (Å²) in [5.41, 5.74) is 0.862. The SMILES string of the molecule is COc1ccc2c3conc3c(=O)n(CCCN3C[C@H]4CN(c5ccc6c(n5)NC(=O)CO6)C(=O)O[C@H]4C3)c2c1. The van der Waals surface area contributed by atoms with E-state index in [1.165, 1.54) is 11.2 Å². The summed E-state index contributed by atoms with van der Waals surface area (Å²) < 4.78 is 23.4. The highest BCUT2D eigenvalue weighted by Gasteiger charge is 2.43. The van der Waals surface area contributed by atoms with Crippen LogP contribution in [0.15, 0.2) is 45.9 Å². The lowest BCUT2D eigenvalue weighted by Crippen LogP contribution is -2.48. The Morgan fingerprint density at radius 2 is 1.98 bits per heavy atom. The Morgan fingerprint density at radius 1 is 1.07 bits per heavy atom. The second kappa shape index (κ2) is 9.52. The summed E-state index contributed by atoms with van der Waals surface area (Å²) in [4.78, 5) is 45.9. The molecule has 13 heteroatoms. The number of carbonyl (C=O) groups excluding carboxylic acids is 2. The zero-order chi connectivity index (χ0) is 27.4. The number of rotatable bonds is 6. The molecule has 3 aliphatic rings. The summed E-state index contributed by atoms with van der Waals surface area (Å²) in [6.45, 7) is 2.96. The molecule has 1 N–H and O–H groups in total. The molecule has 6 heterocycles. The van der Waals surface area contributed by atoms with Crippen molar-refractivity contribution in [2.45, 2.75) is 19.1 Å². The molecule has 2 amide bonds. The molecule has 3 aliphatic heterocycles. The summed E-state index contributed by atoms with van der Waals surface area (Å²) in [5, 5.41) is 8.16. The first-order valence-corrected chi connectivity index (χ1v) is 13.1. The van der Waals surface area contributed by atoms with Crippen LogP contribution in [0.2, 0.25) is 0 Å². The topological polar surface area (TPSA) is 141 Å². The number of aromatic nitrogens is 3. The van der Waals surface area contributed by atoms with Gasteiger partial charge in [0, 0.05) is 50.1 Å². The number of methoxy groups -OCH3 is 1. The van der Waals surface area contributed by atoms with Crippen molar-refractivity contribution in [2.75, 3.05) is 50.1 Å². The molecule has 0 unspecified atom stereocenters. The number of nitrogens with one attached hydrogen (secondary N) is 1. The summed E-state index contributed by atoms with van der Waals surface area (Å²) in [5.74, 6) is 1.62. The van der Waals surface area contributed by atoms with Crippen molar-refractivity contribution in [2.24, 2.45) is 5.92 Å². The average Bonchev–Trinajstić information content (AvgIpc) is 3.61. The van der Waals surface area contributed by atoms with Crippen LogP contribution < -0.4 is 25.2 Å². The number of amides is 2. The van der Waals surface area contributed by atoms with Gasteiger partial charge in [-0.1, -0.05) is 5.16 Å². The summed E-state index contributed by atoms with van der Waals surface area (Å²) >= 11 is 0. The van der Waals surface area contributed by atoms with E-state index in [4.69, 9.17) is 18.7 Å². The molecule has 4 aromatic rings. The lowest BCUT2D eigenvalue weighted by atomic mass is 10.0. The summed E-state index contributed by atoms with van der Waals surface area (Å²) in [7, 11) is 1.59. The highest BCUT2D eigenvalue weighted by Crippen LogP contribution is 2.33. The van der Waals surface area contributed by atoms with Crippen molar-refractivity contribution in [3.8, 4) is 11.5 Å². The van der Waals surface area contributed by atoms with E-state index in [2.05, 4.69) is 20.4 Å². The molecule has 2 saturated heterocycles. The van der Waals surface area contributed by atoms with Crippen LogP contribution >= 0.6 is 0 Å². The Labute approximate surface area is 227 Å². The second-order valence-electron chi connectivity index (χ2n) is 10.2. The standard InChI is InChI=1S/C27H26N6O7/c1-37-16-3-4-17-18-13-39-30-24(18)26(35)32(19(17)9-16)8-2-7-31-10-15-11-33(27(36)40-21(15)12-31)22-6-5-20-25(28-22)29-23(34)14-38-20/h3-6,9,13,15,21H,2,7-8,10-12,14H2,1H3,(H,28,29,34)/t15-,21-/m0/s1. The van der Waals surface area contributed by atoms with Gasteiger partial charge < -0.3 is 28.6 Å². The number of benzene rings is 1. The molecule has 40 heavy (non-hydrogen) atoms. The molecule has 0 aliphatic carbocycles. The van der Waals surface area contributed by atoms with Crippen LogP contribution in [0.25, 0.3) is 21.8 Å². The van der Waals surface area contributed by atoms with Gasteiger partial charge in [0.15, 0.2) is 23.7 Å². The predicted octanol–water partition coefficient (Wildman–Crippen LogP) is 2.22. The van der Waals surface area contributed by atoms with Crippen molar-refractivity contribution in [1.82, 2.24) is 19.6 Å². The fourth-order valence-electron chi connectivity index (χ4n) is 5.79. The van der Waals surface area contributed by atoms with Gasteiger partial charge in [0.05, 0.1) is 18.0 Å². The first kappa shape index (κ1) is 24.4. The number of aryl methyl sites for hydroxylation is 1. The van der Waals surface area contributed by atoms with Crippen LogP contribution in [0.4, 0.5) is 16.4 Å². The predicted molar refractivity (Wildman–Crippen MR) is 143 cm³/mol. The molecule has 7 rings (SSSR count). The van der Waals surface area contributed by atoms with E-state index < -0.39 is 6.09 Å². The number of pyridine rings is 2. The van der Waals surface area contributed by atoms with Crippen molar-refractivity contribution in [3.63, 3.8) is 0 Å². The van der Waals surface area contributed by atoms with Gasteiger partial charge in [-0.25, -0.2) is 9.78 Å². The third-order valence-electron chi connectivity index (χ3n) is 7.74. The maximum absolute atomic E-state index is 13.2. The fourth-order valence-corrected chi connectivity index (χ4v) is 5.79. The Balaban J connectivity index is 1.04. The first-order chi connectivity index (χ1) is 19.5. The van der Waals surface area contributed by atoms with Gasteiger partial charge in [-0.15, -0.1) is 0 Å². The molecule has 206 valence electrons. The number of carbonyl (C=O) groups is 2. The van der Waals surface area contributed by atoms with E-state index in [0.29, 0.717) is 60.1 Å². The van der Waals surface area contributed by atoms with Gasteiger partial charge in [-0.2, -0.15) is 0 Å². The number of nitrogens with zero attached hydrogens (tertiary/aromatic N) is 5. The number of anilines is 2. The lowest BCUT2D eigenvalue weighted by Gasteiger charge is -2.33. The van der Waals surface area contributed by atoms with Crippen molar-refractivity contribution >= 4 is 45.4 Å². The van der Waals surface area contributed by atoms with E-state index in [9.17, 15) is 14.4 Å². The van der Waals surface area contributed by atoms with Crippen LogP contribution in [-0.4, -0.2) is 77.6 Å². The third-order valence-corrected chi connectivity index (χ3v) is 7.74. The largest absolute Gasteiger partial charge is 0.497 e. The van der Waals surface area contributed by atoms with Gasteiger partial charge in [0.1, 0.15) is 23.9 Å². The monoisotopic (exact) mass is 546 g/mol. The smallest absolute Gasteiger partial charge is 0.415 e. The molecule has 13 nitrogen and oxygen atoms in total. The minimum absolute atomic E-state index is 0.0623. The number of hydrogen-bond acceptors (Lipinski definition) is 10. The Morgan fingerprint density at radius 3 is 2.85 bits per heavy atom. The third kappa shape index (κ3) is 4.09. The van der Waals surface area contributed by atoms with E-state index >= 15 is 0 Å². The van der Waals surface area contributed by atoms with Gasteiger partial charge >= 0.3 is 6.09 Å². The number of likely N-dealkylation sites (tertiary alicyclic amines) is 1. The summed E-state index contributed by atoms with van der Waals surface area (Å²) in [6.07, 6.45) is 1.52. The molecule has 0 saturated carbocycles. The Bertz CT molecular complexity index is 1720. The highest BCUT2D eigenvalue weighted by atomic mass is 16.6. The van der Waals surface area contributed by atoms with E-state index in [1.807, 2.05) is 18.2 Å². The zero-order valence-corrected chi connectivity index (χ0v) is 21.7. The molecule has 2 atom stereocenters. The lowest BCUT2D eigenvalue weighted by molar-refractivity contribution is -0.118. The second-order valence-corrected chi connectivity index (χ2v) is 10.2. The molecular weight excluding hydrogens is 520 g/mol. The van der Waals surface area contributed by atoms with E-state index in [1.54, 1.807) is 23.8 Å². The maximum Gasteiger partial charge on any atom is 0.415 e. The fraction of sp³-hybridized carbons (Fsp3) is 0.370. The number of fused-ring (bicyclic) bond motifs is 5. The average molecular weight is 547 g/mol. The van der Waals surface area contributed by atoms with Gasteiger partial charge in [0.25, 0.3) is 11.5 Å². The van der Waals surface area contributed by atoms with Crippen LogP contribution in [0.5, 0.6) is 11.5 Å². The van der Waals surface area contributed by atoms with Crippen LogP contribution in [0.3, 0.4) is 0 Å². The number of hydrogen-bond donors (Lipinski definition) is 1. The quantitative estimate of drug-likeness (QED) is 0.383. The minimum atomic E-state index is -0.466. The first-order valence-electron chi connectivity index (χ1n) is 13.1. The van der Waals surface area contributed by atoms with Crippen molar-refractivity contribution < 1.29 is 28.3 Å². The van der Waals surface area contributed by atoms with Crippen LogP contribution in [-0.2, 0) is 16.1 Å². The minimum Gasteiger partial charge on any atom is -0.497 e. The van der Waals surface area contributed by atoms with Crippen molar-refractivity contribution in [3.05, 3.63) is 46.9 Å². The van der Waals surface area contributed by atoms with E-state index in [-0.39, 0.29) is 30.1 Å². The molecule has 1 aromatic carbocycles. The maximum atomic E-state index is 13.2. The highest BCUT2D eigenvalue weighted by molar-refractivity contribution is 6.04.